The zero-order valence-electron chi connectivity index (χ0n) is 19.2. The lowest BCUT2D eigenvalue weighted by Gasteiger charge is -2.41. The van der Waals surface area contributed by atoms with E-state index >= 15 is 0 Å². The van der Waals surface area contributed by atoms with Crippen LogP contribution in [0, 0.1) is 5.92 Å². The van der Waals surface area contributed by atoms with E-state index in [1.165, 1.54) is 31.5 Å². The molecule has 0 saturated carbocycles. The summed E-state index contributed by atoms with van der Waals surface area (Å²) in [5.74, 6) is 1.73. The molecule has 0 unspecified atom stereocenters. The summed E-state index contributed by atoms with van der Waals surface area (Å²) in [6.07, 6.45) is 5.21. The van der Waals surface area contributed by atoms with E-state index in [2.05, 4.69) is 49.2 Å². The number of para-hydroxylation sites is 1. The third-order valence-corrected chi connectivity index (χ3v) is 7.29. The van der Waals surface area contributed by atoms with E-state index in [0.717, 1.165) is 48.6 Å². The van der Waals surface area contributed by atoms with Gasteiger partial charge in [0.15, 0.2) is 0 Å². The van der Waals surface area contributed by atoms with Crippen LogP contribution in [0.5, 0.6) is 5.75 Å². The van der Waals surface area contributed by atoms with E-state index in [1.54, 1.807) is 0 Å². The van der Waals surface area contributed by atoms with Crippen molar-refractivity contribution in [2.45, 2.75) is 71.1 Å². The molecular formula is C27H36N2O2. The number of ether oxygens (including phenoxy) is 1. The van der Waals surface area contributed by atoms with Crippen LogP contribution < -0.4 is 10.1 Å². The van der Waals surface area contributed by atoms with Gasteiger partial charge in [-0.15, -0.1) is 0 Å². The molecule has 1 N–H and O–H groups in total. The molecule has 166 valence electrons. The van der Waals surface area contributed by atoms with Crippen molar-refractivity contribution in [1.82, 2.24) is 10.2 Å². The van der Waals surface area contributed by atoms with Gasteiger partial charge in [-0.25, -0.2) is 0 Å². The molecule has 0 radical (unpaired) electrons. The number of hydrogen-bond donors (Lipinski definition) is 1. The van der Waals surface area contributed by atoms with E-state index in [9.17, 15) is 4.79 Å². The highest BCUT2D eigenvalue weighted by Crippen LogP contribution is 2.42. The second-order valence-electron chi connectivity index (χ2n) is 9.42. The first kappa shape index (κ1) is 21.9. The molecule has 1 amide bonds. The number of benzene rings is 2. The number of piperidine rings is 1. The molecule has 1 saturated heterocycles. The van der Waals surface area contributed by atoms with Crippen LogP contribution in [-0.2, 0) is 6.54 Å². The molecule has 2 aromatic carbocycles. The minimum absolute atomic E-state index is 0.0128. The summed E-state index contributed by atoms with van der Waals surface area (Å²) < 4.78 is 6.37. The summed E-state index contributed by atoms with van der Waals surface area (Å²) in [7, 11) is 0. The van der Waals surface area contributed by atoms with Crippen molar-refractivity contribution >= 4 is 5.91 Å². The molecular weight excluding hydrogens is 384 g/mol. The minimum atomic E-state index is -0.220. The maximum atomic E-state index is 13.1. The fourth-order valence-corrected chi connectivity index (χ4v) is 4.91. The second-order valence-corrected chi connectivity index (χ2v) is 9.42. The van der Waals surface area contributed by atoms with Gasteiger partial charge in [0.2, 0.25) is 0 Å². The maximum absolute atomic E-state index is 13.1. The molecule has 1 fully saturated rings. The molecule has 2 aliphatic heterocycles. The summed E-state index contributed by atoms with van der Waals surface area (Å²) in [5, 5.41) is 3.29. The van der Waals surface area contributed by atoms with E-state index in [0.29, 0.717) is 0 Å². The topological polar surface area (TPSA) is 41.6 Å². The monoisotopic (exact) mass is 420 g/mol. The van der Waals surface area contributed by atoms with Gasteiger partial charge in [0.1, 0.15) is 11.4 Å². The first-order valence-electron chi connectivity index (χ1n) is 11.9. The zero-order valence-corrected chi connectivity index (χ0v) is 19.2. The van der Waals surface area contributed by atoms with Gasteiger partial charge in [0.05, 0.1) is 6.04 Å². The number of likely N-dealkylation sites (tertiary alicyclic amines) is 1. The predicted molar refractivity (Wildman–Crippen MR) is 125 cm³/mol. The Morgan fingerprint density at radius 3 is 2.42 bits per heavy atom. The van der Waals surface area contributed by atoms with Gasteiger partial charge in [-0.05, 0) is 68.5 Å². The molecule has 0 aliphatic carbocycles. The Morgan fingerprint density at radius 2 is 1.74 bits per heavy atom. The zero-order chi connectivity index (χ0) is 21.8. The Morgan fingerprint density at radius 1 is 1.06 bits per heavy atom. The van der Waals surface area contributed by atoms with E-state index in [4.69, 9.17) is 4.74 Å². The number of carbonyl (C=O) groups is 1. The standard InChI is InChI=1S/C27H36N2O2/c1-4-27(5-2)18-24(23-8-6-7-9-25(23)31-27)28-26(30)22-12-10-21(11-13-22)19-29-16-14-20(3)15-17-29/h6-13,20,24H,4-5,14-19H2,1-3H3,(H,28,30)/t24-/m1/s1. The van der Waals surface area contributed by atoms with Crippen molar-refractivity contribution in [3.8, 4) is 5.75 Å². The lowest BCUT2D eigenvalue weighted by Crippen LogP contribution is -2.44. The molecule has 2 aromatic rings. The molecule has 4 rings (SSSR count). The molecule has 31 heavy (non-hydrogen) atoms. The Labute approximate surface area is 187 Å². The molecule has 2 heterocycles. The number of fused-ring (bicyclic) bond motifs is 1. The summed E-state index contributed by atoms with van der Waals surface area (Å²) in [6.45, 7) is 9.98. The van der Waals surface area contributed by atoms with Crippen molar-refractivity contribution in [2.75, 3.05) is 13.1 Å². The lowest BCUT2D eigenvalue weighted by atomic mass is 9.83. The van der Waals surface area contributed by atoms with Crippen molar-refractivity contribution in [3.05, 3.63) is 65.2 Å². The third kappa shape index (κ3) is 4.95. The highest BCUT2D eigenvalue weighted by atomic mass is 16.5. The van der Waals surface area contributed by atoms with E-state index in [-0.39, 0.29) is 17.6 Å². The molecule has 4 heteroatoms. The van der Waals surface area contributed by atoms with Crippen molar-refractivity contribution in [2.24, 2.45) is 5.92 Å². The summed E-state index contributed by atoms with van der Waals surface area (Å²) in [4.78, 5) is 15.6. The molecule has 0 aromatic heterocycles. The normalized spacial score (nSPS) is 21.2. The van der Waals surface area contributed by atoms with Gasteiger partial charge >= 0.3 is 0 Å². The highest BCUT2D eigenvalue weighted by molar-refractivity contribution is 5.94. The van der Waals surface area contributed by atoms with Gasteiger partial charge in [0.25, 0.3) is 5.91 Å². The number of nitrogens with zero attached hydrogens (tertiary/aromatic N) is 1. The van der Waals surface area contributed by atoms with Crippen LogP contribution in [0.3, 0.4) is 0 Å². The van der Waals surface area contributed by atoms with Gasteiger partial charge < -0.3 is 10.1 Å². The average Bonchev–Trinajstić information content (AvgIpc) is 2.81. The van der Waals surface area contributed by atoms with Crippen LogP contribution in [0.1, 0.15) is 80.4 Å². The highest BCUT2D eigenvalue weighted by Gasteiger charge is 2.39. The molecule has 0 spiro atoms. The first-order valence-corrected chi connectivity index (χ1v) is 11.9. The van der Waals surface area contributed by atoms with Crippen LogP contribution in [-0.4, -0.2) is 29.5 Å². The Hall–Kier alpha value is -2.33. The van der Waals surface area contributed by atoms with E-state index < -0.39 is 0 Å². The quantitative estimate of drug-likeness (QED) is 0.649. The SMILES string of the molecule is CCC1(CC)C[C@@H](NC(=O)c2ccc(CN3CCC(C)CC3)cc2)c2ccccc2O1. The number of hydrogen-bond acceptors (Lipinski definition) is 3. The van der Waals surface area contributed by atoms with Crippen molar-refractivity contribution in [1.29, 1.82) is 0 Å². The van der Waals surface area contributed by atoms with Gasteiger partial charge in [0, 0.05) is 24.1 Å². The molecule has 0 bridgehead atoms. The second kappa shape index (κ2) is 9.44. The third-order valence-electron chi connectivity index (χ3n) is 7.29. The van der Waals surface area contributed by atoms with Crippen molar-refractivity contribution in [3.63, 3.8) is 0 Å². The van der Waals surface area contributed by atoms with Crippen LogP contribution in [0.4, 0.5) is 0 Å². The summed E-state index contributed by atoms with van der Waals surface area (Å²) in [6, 6.07) is 16.2. The Bertz CT molecular complexity index is 880. The van der Waals surface area contributed by atoms with Gasteiger partial charge in [-0.3, -0.25) is 9.69 Å². The largest absolute Gasteiger partial charge is 0.487 e. The minimum Gasteiger partial charge on any atom is -0.487 e. The van der Waals surface area contributed by atoms with Gasteiger partial charge in [-0.1, -0.05) is 51.1 Å². The average molecular weight is 421 g/mol. The summed E-state index contributed by atoms with van der Waals surface area (Å²) >= 11 is 0. The molecule has 2 aliphatic rings. The van der Waals surface area contributed by atoms with Crippen LogP contribution in [0.15, 0.2) is 48.5 Å². The fraction of sp³-hybridized carbons (Fsp3) is 0.519. The van der Waals surface area contributed by atoms with Crippen LogP contribution >= 0.6 is 0 Å². The van der Waals surface area contributed by atoms with Crippen molar-refractivity contribution < 1.29 is 9.53 Å². The van der Waals surface area contributed by atoms with Crippen LogP contribution in [0.2, 0.25) is 0 Å². The predicted octanol–water partition coefficient (Wildman–Crippen LogP) is 5.73. The van der Waals surface area contributed by atoms with Gasteiger partial charge in [-0.2, -0.15) is 0 Å². The number of carbonyl (C=O) groups excluding carboxylic acids is 1. The van der Waals surface area contributed by atoms with Crippen LogP contribution in [0.25, 0.3) is 0 Å². The van der Waals surface area contributed by atoms with E-state index in [1.807, 2.05) is 30.3 Å². The first-order chi connectivity index (χ1) is 15.0. The molecule has 4 nitrogen and oxygen atoms in total. The Kier molecular flexibility index (Phi) is 6.66. The fourth-order valence-electron chi connectivity index (χ4n) is 4.91. The number of nitrogens with one attached hydrogen (secondary N) is 1. The maximum Gasteiger partial charge on any atom is 0.251 e. The molecule has 1 atom stereocenters. The lowest BCUT2D eigenvalue weighted by molar-refractivity contribution is 0.0227. The smallest absolute Gasteiger partial charge is 0.251 e. The Balaban J connectivity index is 1.44. The summed E-state index contributed by atoms with van der Waals surface area (Å²) in [5.41, 5.74) is 2.85. The number of amides is 1. The number of rotatable bonds is 6.